The van der Waals surface area contributed by atoms with Crippen molar-refractivity contribution >= 4 is 37.1 Å². The molecule has 1 heterocycles. The highest BCUT2D eigenvalue weighted by Crippen LogP contribution is 2.14. The molecule has 0 aliphatic carbocycles. The molecule has 168 valence electrons. The van der Waals surface area contributed by atoms with E-state index in [0.717, 1.165) is 52.0 Å². The molecule has 0 spiro atoms. The molecule has 1 fully saturated rings. The van der Waals surface area contributed by atoms with Crippen LogP contribution in [-0.4, -0.2) is 78.4 Å². The van der Waals surface area contributed by atoms with Gasteiger partial charge in [-0.25, -0.2) is 0 Å². The van der Waals surface area contributed by atoms with Crippen molar-refractivity contribution in [2.24, 2.45) is 0 Å². The summed E-state index contributed by atoms with van der Waals surface area (Å²) < 4.78 is 0. The summed E-state index contributed by atoms with van der Waals surface area (Å²) in [5.41, 5.74) is 1.34. The van der Waals surface area contributed by atoms with Crippen molar-refractivity contribution in [1.82, 2.24) is 20.4 Å². The molecular weight excluding hydrogens is 416 g/mol. The van der Waals surface area contributed by atoms with Gasteiger partial charge >= 0.3 is 0 Å². The van der Waals surface area contributed by atoms with E-state index in [1.165, 1.54) is 5.56 Å². The Morgan fingerprint density at radius 2 is 1.77 bits per heavy atom. The molecule has 0 aromatic heterocycles. The summed E-state index contributed by atoms with van der Waals surface area (Å²) in [6.07, 6.45) is 3.23. The highest BCUT2D eigenvalue weighted by Gasteiger charge is 2.20. The second-order valence-corrected chi connectivity index (χ2v) is 8.67. The number of thiol groups is 2. The van der Waals surface area contributed by atoms with Crippen LogP contribution in [0.3, 0.4) is 0 Å². The second-order valence-electron chi connectivity index (χ2n) is 7.78. The first-order valence-corrected chi connectivity index (χ1v) is 12.1. The van der Waals surface area contributed by atoms with Crippen molar-refractivity contribution < 1.29 is 9.59 Å². The first-order valence-electron chi connectivity index (χ1n) is 10.9. The van der Waals surface area contributed by atoms with Crippen molar-refractivity contribution in [3.8, 4) is 0 Å². The molecular formula is C22H36N4O2S2. The van der Waals surface area contributed by atoms with Crippen LogP contribution < -0.4 is 10.6 Å². The third-order valence-corrected chi connectivity index (χ3v) is 5.72. The van der Waals surface area contributed by atoms with Crippen LogP contribution in [0.15, 0.2) is 30.3 Å². The lowest BCUT2D eigenvalue weighted by molar-refractivity contribution is -0.122. The van der Waals surface area contributed by atoms with Crippen LogP contribution >= 0.6 is 25.3 Å². The predicted molar refractivity (Wildman–Crippen MR) is 129 cm³/mol. The van der Waals surface area contributed by atoms with Gasteiger partial charge in [-0.15, -0.1) is 0 Å². The Hall–Kier alpha value is -1.22. The molecule has 8 heteroatoms. The second kappa shape index (κ2) is 14.7. The Balaban J connectivity index is 1.61. The minimum absolute atomic E-state index is 0.00227. The van der Waals surface area contributed by atoms with Crippen molar-refractivity contribution in [2.75, 3.05) is 50.8 Å². The fourth-order valence-corrected chi connectivity index (χ4v) is 4.10. The first kappa shape index (κ1) is 25.0. The fourth-order valence-electron chi connectivity index (χ4n) is 3.71. The molecule has 1 aliphatic rings. The lowest BCUT2D eigenvalue weighted by atomic mass is 10.0. The van der Waals surface area contributed by atoms with Crippen LogP contribution in [0.25, 0.3) is 0 Å². The monoisotopic (exact) mass is 452 g/mol. The molecule has 1 aromatic carbocycles. The van der Waals surface area contributed by atoms with Gasteiger partial charge in [0.2, 0.25) is 11.8 Å². The normalized spacial score (nSPS) is 15.3. The Kier molecular flexibility index (Phi) is 12.3. The third-order valence-electron chi connectivity index (χ3n) is 5.30. The third kappa shape index (κ3) is 10.2. The van der Waals surface area contributed by atoms with E-state index < -0.39 is 0 Å². The average Bonchev–Trinajstić information content (AvgIpc) is 2.74. The van der Waals surface area contributed by atoms with Crippen LogP contribution in [0, 0.1) is 0 Å². The van der Waals surface area contributed by atoms with Gasteiger partial charge in [0.25, 0.3) is 0 Å². The van der Waals surface area contributed by atoms with E-state index in [2.05, 4.69) is 70.0 Å². The Labute approximate surface area is 192 Å². The number of nitrogens with one attached hydrogen (secondary N) is 2. The van der Waals surface area contributed by atoms with Gasteiger partial charge in [-0.3, -0.25) is 19.4 Å². The molecule has 1 saturated heterocycles. The van der Waals surface area contributed by atoms with E-state index in [4.69, 9.17) is 0 Å². The number of amides is 2. The molecule has 1 aliphatic heterocycles. The number of hydrogen-bond donors (Lipinski definition) is 4. The summed E-state index contributed by atoms with van der Waals surface area (Å²) in [5.74, 6) is 1.43. The van der Waals surface area contributed by atoms with Gasteiger partial charge < -0.3 is 10.6 Å². The summed E-state index contributed by atoms with van der Waals surface area (Å²) in [4.78, 5) is 28.7. The van der Waals surface area contributed by atoms with E-state index >= 15 is 0 Å². The summed E-state index contributed by atoms with van der Waals surface area (Å²) in [6.45, 7) is 5.37. The lowest BCUT2D eigenvalue weighted by Crippen LogP contribution is -2.44. The van der Waals surface area contributed by atoms with Crippen LogP contribution in [0.4, 0.5) is 0 Å². The van der Waals surface area contributed by atoms with Gasteiger partial charge in [0.05, 0.1) is 6.54 Å². The number of piperidine rings is 1. The van der Waals surface area contributed by atoms with Crippen molar-refractivity contribution in [3.63, 3.8) is 0 Å². The van der Waals surface area contributed by atoms with Gasteiger partial charge in [0.15, 0.2) is 0 Å². The predicted octanol–water partition coefficient (Wildman–Crippen LogP) is 1.83. The molecule has 0 radical (unpaired) electrons. The fraction of sp³-hybridized carbons (Fsp3) is 0.636. The number of carbonyl (C=O) groups excluding carboxylic acids is 2. The van der Waals surface area contributed by atoms with Crippen molar-refractivity contribution in [2.45, 2.75) is 38.3 Å². The van der Waals surface area contributed by atoms with E-state index in [1.807, 2.05) is 6.07 Å². The number of hydrogen-bond acceptors (Lipinski definition) is 6. The summed E-state index contributed by atoms with van der Waals surface area (Å²) in [5, 5.41) is 6.02. The number of rotatable bonds is 13. The molecule has 0 unspecified atom stereocenters. The maximum Gasteiger partial charge on any atom is 0.234 e. The molecule has 0 bridgehead atoms. The minimum atomic E-state index is -0.00227. The standard InChI is InChI=1S/C22H36N4O2S2/c27-21(7-4-11-25(14-16-30)18-22(28)23-10-15-29)24-20-8-12-26(13-9-20)17-19-5-2-1-3-6-19/h1-3,5-6,20,29-30H,4,7-18H2,(H,23,28)(H,24,27). The highest BCUT2D eigenvalue weighted by atomic mass is 32.1. The van der Waals surface area contributed by atoms with Gasteiger partial charge in [0.1, 0.15) is 0 Å². The Bertz CT molecular complexity index is 625. The van der Waals surface area contributed by atoms with Crippen molar-refractivity contribution in [1.29, 1.82) is 0 Å². The largest absolute Gasteiger partial charge is 0.354 e. The SMILES string of the molecule is O=C(CN(CCS)CCCC(=O)NC1CCN(Cc2ccccc2)CC1)NCCS. The quantitative estimate of drug-likeness (QED) is 0.345. The average molecular weight is 453 g/mol. The van der Waals surface area contributed by atoms with Gasteiger partial charge in [-0.2, -0.15) is 25.3 Å². The zero-order valence-corrected chi connectivity index (χ0v) is 19.6. The zero-order chi connectivity index (χ0) is 21.6. The van der Waals surface area contributed by atoms with Gasteiger partial charge in [-0.1, -0.05) is 30.3 Å². The number of benzene rings is 1. The number of likely N-dealkylation sites (tertiary alicyclic amines) is 1. The highest BCUT2D eigenvalue weighted by molar-refractivity contribution is 7.80. The molecule has 0 saturated carbocycles. The first-order chi connectivity index (χ1) is 14.6. The van der Waals surface area contributed by atoms with E-state index in [9.17, 15) is 9.59 Å². The maximum absolute atomic E-state index is 12.3. The molecule has 0 atom stereocenters. The zero-order valence-electron chi connectivity index (χ0n) is 17.8. The lowest BCUT2D eigenvalue weighted by Gasteiger charge is -2.32. The summed E-state index contributed by atoms with van der Waals surface area (Å²) in [6, 6.07) is 10.8. The minimum Gasteiger partial charge on any atom is -0.354 e. The van der Waals surface area contributed by atoms with Crippen molar-refractivity contribution in [3.05, 3.63) is 35.9 Å². The van der Waals surface area contributed by atoms with E-state index in [-0.39, 0.29) is 17.9 Å². The summed E-state index contributed by atoms with van der Waals surface area (Å²) in [7, 11) is 0. The molecule has 1 aromatic rings. The number of carbonyl (C=O) groups is 2. The van der Waals surface area contributed by atoms with Crippen LogP contribution in [0.2, 0.25) is 0 Å². The van der Waals surface area contributed by atoms with E-state index in [0.29, 0.717) is 31.0 Å². The Morgan fingerprint density at radius 1 is 1.03 bits per heavy atom. The molecule has 6 nitrogen and oxygen atoms in total. The smallest absolute Gasteiger partial charge is 0.234 e. The van der Waals surface area contributed by atoms with Crippen LogP contribution in [0.1, 0.15) is 31.2 Å². The number of nitrogens with zero attached hydrogens (tertiary/aromatic N) is 2. The molecule has 30 heavy (non-hydrogen) atoms. The van der Waals surface area contributed by atoms with Crippen LogP contribution in [0.5, 0.6) is 0 Å². The molecule has 2 rings (SSSR count). The van der Waals surface area contributed by atoms with Gasteiger partial charge in [0, 0.05) is 56.7 Å². The van der Waals surface area contributed by atoms with E-state index in [1.54, 1.807) is 0 Å². The maximum atomic E-state index is 12.3. The molecule has 2 N–H and O–H groups in total. The Morgan fingerprint density at radius 3 is 2.43 bits per heavy atom. The van der Waals surface area contributed by atoms with Crippen LogP contribution in [-0.2, 0) is 16.1 Å². The van der Waals surface area contributed by atoms with Gasteiger partial charge in [-0.05, 0) is 31.4 Å². The summed E-state index contributed by atoms with van der Waals surface area (Å²) >= 11 is 8.37. The topological polar surface area (TPSA) is 64.7 Å². The molecule has 2 amide bonds.